The number of aliphatic hydroxyl groups is 1. The molecule has 0 radical (unpaired) electrons. The number of aliphatic hydroxyl groups excluding tert-OH is 1. The van der Waals surface area contributed by atoms with E-state index in [9.17, 15) is 0 Å². The molecule has 80 valence electrons. The molecule has 5 heteroatoms. The van der Waals surface area contributed by atoms with E-state index in [2.05, 4.69) is 16.8 Å². The molecule has 0 amide bonds. The van der Waals surface area contributed by atoms with Crippen LogP contribution in [-0.4, -0.2) is 39.3 Å². The Morgan fingerprint density at radius 3 is 2.79 bits per heavy atom. The molecule has 0 aliphatic carbocycles. The van der Waals surface area contributed by atoms with E-state index in [0.717, 1.165) is 18.9 Å². The first kappa shape index (κ1) is 11.5. The van der Waals surface area contributed by atoms with E-state index in [1.807, 2.05) is 11.6 Å². The van der Waals surface area contributed by atoms with Crippen molar-refractivity contribution in [3.63, 3.8) is 0 Å². The van der Waals surface area contributed by atoms with Crippen LogP contribution in [-0.2, 0) is 13.6 Å². The van der Waals surface area contributed by atoms with Gasteiger partial charge in [0.05, 0.1) is 19.3 Å². The lowest BCUT2D eigenvalue weighted by atomic mass is 10.4. The van der Waals surface area contributed by atoms with Gasteiger partial charge in [0.1, 0.15) is 11.0 Å². The third kappa shape index (κ3) is 2.70. The SMILES string of the molecule is CCN(CCO)Cc1ncc(Cl)n1C. The highest BCUT2D eigenvalue weighted by molar-refractivity contribution is 6.29. The minimum Gasteiger partial charge on any atom is -0.395 e. The largest absolute Gasteiger partial charge is 0.395 e. The van der Waals surface area contributed by atoms with Crippen molar-refractivity contribution in [3.05, 3.63) is 17.2 Å². The highest BCUT2D eigenvalue weighted by Crippen LogP contribution is 2.10. The van der Waals surface area contributed by atoms with Crippen LogP contribution >= 0.6 is 11.6 Å². The van der Waals surface area contributed by atoms with E-state index < -0.39 is 0 Å². The van der Waals surface area contributed by atoms with Crippen LogP contribution in [0, 0.1) is 0 Å². The third-order valence-electron chi connectivity index (χ3n) is 2.26. The van der Waals surface area contributed by atoms with Crippen LogP contribution in [0.3, 0.4) is 0 Å². The normalized spacial score (nSPS) is 11.2. The Morgan fingerprint density at radius 1 is 1.64 bits per heavy atom. The van der Waals surface area contributed by atoms with Gasteiger partial charge < -0.3 is 9.67 Å². The van der Waals surface area contributed by atoms with Crippen LogP contribution in [0.25, 0.3) is 0 Å². The van der Waals surface area contributed by atoms with Gasteiger partial charge >= 0.3 is 0 Å². The summed E-state index contributed by atoms with van der Waals surface area (Å²) in [6, 6.07) is 0. The summed E-state index contributed by atoms with van der Waals surface area (Å²) in [4.78, 5) is 6.30. The summed E-state index contributed by atoms with van der Waals surface area (Å²) in [6.45, 7) is 4.51. The second kappa shape index (κ2) is 5.34. The lowest BCUT2D eigenvalue weighted by Gasteiger charge is -2.18. The molecule has 1 rings (SSSR count). The number of halogens is 1. The van der Waals surface area contributed by atoms with Crippen molar-refractivity contribution in [1.29, 1.82) is 0 Å². The first-order chi connectivity index (χ1) is 6.69. The topological polar surface area (TPSA) is 41.3 Å². The summed E-state index contributed by atoms with van der Waals surface area (Å²) in [5, 5.41) is 9.46. The first-order valence-electron chi connectivity index (χ1n) is 4.68. The fraction of sp³-hybridized carbons (Fsp3) is 0.667. The average molecular weight is 218 g/mol. The molecule has 0 aliphatic heterocycles. The summed E-state index contributed by atoms with van der Waals surface area (Å²) in [6.07, 6.45) is 1.64. The van der Waals surface area contributed by atoms with Gasteiger partial charge in [-0.1, -0.05) is 18.5 Å². The smallest absolute Gasteiger partial charge is 0.128 e. The van der Waals surface area contributed by atoms with Crippen LogP contribution in [0.2, 0.25) is 5.15 Å². The Balaban J connectivity index is 2.62. The summed E-state index contributed by atoms with van der Waals surface area (Å²) in [7, 11) is 1.89. The summed E-state index contributed by atoms with van der Waals surface area (Å²) >= 11 is 5.87. The third-order valence-corrected chi connectivity index (χ3v) is 2.61. The zero-order chi connectivity index (χ0) is 10.6. The van der Waals surface area contributed by atoms with Crippen molar-refractivity contribution in [2.75, 3.05) is 19.7 Å². The highest BCUT2D eigenvalue weighted by Gasteiger charge is 2.08. The number of nitrogens with zero attached hydrogens (tertiary/aromatic N) is 3. The number of hydrogen-bond donors (Lipinski definition) is 1. The molecule has 0 saturated heterocycles. The summed E-state index contributed by atoms with van der Waals surface area (Å²) in [5.74, 6) is 0.922. The molecule has 0 spiro atoms. The van der Waals surface area contributed by atoms with Crippen LogP contribution in [0.15, 0.2) is 6.20 Å². The molecule has 0 fully saturated rings. The van der Waals surface area contributed by atoms with Crippen molar-refractivity contribution < 1.29 is 5.11 Å². The lowest BCUT2D eigenvalue weighted by Crippen LogP contribution is -2.27. The zero-order valence-electron chi connectivity index (χ0n) is 8.57. The van der Waals surface area contributed by atoms with Crippen LogP contribution < -0.4 is 0 Å². The number of aromatic nitrogens is 2. The van der Waals surface area contributed by atoms with Gasteiger partial charge in [-0.3, -0.25) is 4.90 Å². The molecule has 14 heavy (non-hydrogen) atoms. The molecule has 0 aliphatic rings. The van der Waals surface area contributed by atoms with Gasteiger partial charge in [0.2, 0.25) is 0 Å². The quantitative estimate of drug-likeness (QED) is 0.797. The fourth-order valence-corrected chi connectivity index (χ4v) is 1.41. The number of rotatable bonds is 5. The molecule has 0 bridgehead atoms. The maximum absolute atomic E-state index is 8.83. The first-order valence-corrected chi connectivity index (χ1v) is 5.06. The van der Waals surface area contributed by atoms with E-state index >= 15 is 0 Å². The summed E-state index contributed by atoms with van der Waals surface area (Å²) < 4.78 is 1.85. The molecule has 1 aromatic rings. The van der Waals surface area contributed by atoms with Crippen LogP contribution in [0.5, 0.6) is 0 Å². The molecule has 4 nitrogen and oxygen atoms in total. The average Bonchev–Trinajstić information content (AvgIpc) is 2.49. The van der Waals surface area contributed by atoms with Crippen molar-refractivity contribution >= 4 is 11.6 Å². The fourth-order valence-electron chi connectivity index (χ4n) is 1.26. The van der Waals surface area contributed by atoms with Gasteiger partial charge in [-0.15, -0.1) is 0 Å². The van der Waals surface area contributed by atoms with Gasteiger partial charge in [0.25, 0.3) is 0 Å². The van der Waals surface area contributed by atoms with Gasteiger partial charge in [-0.2, -0.15) is 0 Å². The van der Waals surface area contributed by atoms with Crippen molar-refractivity contribution in [3.8, 4) is 0 Å². The number of likely N-dealkylation sites (N-methyl/N-ethyl adjacent to an activating group) is 1. The lowest BCUT2D eigenvalue weighted by molar-refractivity contribution is 0.192. The van der Waals surface area contributed by atoms with Gasteiger partial charge in [-0.05, 0) is 6.54 Å². The predicted octanol–water partition coefficient (Wildman–Crippen LogP) is 0.888. The molecular formula is C9H16ClN3O. The molecule has 1 N–H and O–H groups in total. The molecule has 1 heterocycles. The second-order valence-electron chi connectivity index (χ2n) is 3.15. The second-order valence-corrected chi connectivity index (χ2v) is 3.54. The Bertz CT molecular complexity index is 288. The Hall–Kier alpha value is -0.580. The van der Waals surface area contributed by atoms with Crippen molar-refractivity contribution in [1.82, 2.24) is 14.5 Å². The van der Waals surface area contributed by atoms with Gasteiger partial charge in [0, 0.05) is 13.6 Å². The standard InChI is InChI=1S/C9H16ClN3O/c1-3-13(4-5-14)7-9-11-6-8(10)12(9)2/h6,14H,3-5,7H2,1-2H3. The molecule has 0 saturated carbocycles. The zero-order valence-corrected chi connectivity index (χ0v) is 9.33. The summed E-state index contributed by atoms with van der Waals surface area (Å²) in [5.41, 5.74) is 0. The molecule has 0 unspecified atom stereocenters. The van der Waals surface area contributed by atoms with Crippen molar-refractivity contribution in [2.45, 2.75) is 13.5 Å². The molecular weight excluding hydrogens is 202 g/mol. The Kier molecular flexibility index (Phi) is 4.38. The predicted molar refractivity (Wildman–Crippen MR) is 56.3 cm³/mol. The highest BCUT2D eigenvalue weighted by atomic mass is 35.5. The van der Waals surface area contributed by atoms with E-state index in [1.54, 1.807) is 6.20 Å². The molecule has 0 atom stereocenters. The van der Waals surface area contributed by atoms with E-state index in [1.165, 1.54) is 0 Å². The van der Waals surface area contributed by atoms with E-state index in [4.69, 9.17) is 16.7 Å². The maximum atomic E-state index is 8.83. The van der Waals surface area contributed by atoms with Crippen LogP contribution in [0.1, 0.15) is 12.7 Å². The van der Waals surface area contributed by atoms with Crippen LogP contribution in [0.4, 0.5) is 0 Å². The minimum atomic E-state index is 0.173. The molecule has 0 aromatic carbocycles. The number of imidazole rings is 1. The minimum absolute atomic E-state index is 0.173. The Morgan fingerprint density at radius 2 is 2.36 bits per heavy atom. The number of hydrogen-bond acceptors (Lipinski definition) is 3. The molecule has 1 aromatic heterocycles. The van der Waals surface area contributed by atoms with Gasteiger partial charge in [-0.25, -0.2) is 4.98 Å². The monoisotopic (exact) mass is 217 g/mol. The van der Waals surface area contributed by atoms with Crippen molar-refractivity contribution in [2.24, 2.45) is 7.05 Å². The Labute approximate surface area is 89.1 Å². The van der Waals surface area contributed by atoms with E-state index in [-0.39, 0.29) is 6.61 Å². The van der Waals surface area contributed by atoms with E-state index in [0.29, 0.717) is 11.7 Å². The maximum Gasteiger partial charge on any atom is 0.128 e. The van der Waals surface area contributed by atoms with Gasteiger partial charge in [0.15, 0.2) is 0 Å².